The number of amides is 4. The Balaban J connectivity index is -0.000000194. The molecule has 0 bridgehead atoms. The third-order valence-electron chi connectivity index (χ3n) is 30.4. The highest BCUT2D eigenvalue weighted by molar-refractivity contribution is 6.12. The number of nitrogens with zero attached hydrogens (tertiary/aromatic N) is 2. The van der Waals surface area contributed by atoms with E-state index in [1.165, 1.54) is 55.2 Å². The largest absolute Gasteiger partial charge is 0.427 e. The minimum absolute atomic E-state index is 0. The van der Waals surface area contributed by atoms with E-state index in [9.17, 15) is 38.4 Å². The fourth-order valence-corrected chi connectivity index (χ4v) is 12.3. The minimum atomic E-state index is -0.874. The maximum Gasteiger partial charge on any atom is 0.314 e. The molecule has 0 saturated carbocycles. The smallest absolute Gasteiger partial charge is 0.314 e. The Morgan fingerprint density at radius 1 is 0.346 bits per heavy atom. The summed E-state index contributed by atoms with van der Waals surface area (Å²) in [7, 11) is 3.57. The van der Waals surface area contributed by atoms with E-state index in [1.807, 2.05) is 145 Å². The van der Waals surface area contributed by atoms with Crippen molar-refractivity contribution < 1.29 is 66.8 Å². The van der Waals surface area contributed by atoms with E-state index in [-0.39, 0.29) is 175 Å². The van der Waals surface area contributed by atoms with Gasteiger partial charge in [0.05, 0.1) is 56.9 Å². The Morgan fingerprint density at radius 2 is 0.608 bits per heavy atom. The van der Waals surface area contributed by atoms with Crippen LogP contribution in [0.5, 0.6) is 0 Å². The molecule has 2 saturated heterocycles. The Kier molecular flexibility index (Phi) is 58.4. The van der Waals surface area contributed by atoms with Crippen LogP contribution in [0.25, 0.3) is 0 Å². The second kappa shape index (κ2) is 53.5. The number of methoxy groups -OCH3 is 2. The topological polar surface area (TPSA) is 198 Å². The van der Waals surface area contributed by atoms with Crippen LogP contribution >= 0.6 is 0 Å². The lowest BCUT2D eigenvalue weighted by Crippen LogP contribution is -2.46. The van der Waals surface area contributed by atoms with Crippen LogP contribution in [0.15, 0.2) is 66.7 Å². The molecular weight excluding hydrogens is 1620 g/mol. The quantitative estimate of drug-likeness (QED) is 0.0264. The summed E-state index contributed by atoms with van der Waals surface area (Å²) in [6.45, 7) is 92.4. The van der Waals surface area contributed by atoms with Gasteiger partial charge in [-0.15, -0.1) is 0 Å². The van der Waals surface area contributed by atoms with E-state index >= 15 is 0 Å². The van der Waals surface area contributed by atoms with Crippen molar-refractivity contribution in [3.05, 3.63) is 106 Å². The third kappa shape index (κ3) is 36.6. The third-order valence-corrected chi connectivity index (χ3v) is 30.4. The fourth-order valence-electron chi connectivity index (χ4n) is 12.3. The van der Waals surface area contributed by atoms with Gasteiger partial charge in [-0.25, -0.2) is 0 Å². The van der Waals surface area contributed by atoms with E-state index in [0.717, 1.165) is 71.0 Å². The van der Waals surface area contributed by atoms with Gasteiger partial charge in [-0.3, -0.25) is 48.2 Å². The average molecular weight is 1840 g/mol. The summed E-state index contributed by atoms with van der Waals surface area (Å²) < 4.78 is 32.7. The number of hydrogen-bond donors (Lipinski definition) is 0. The van der Waals surface area contributed by atoms with Gasteiger partial charge >= 0.3 is 11.9 Å². The number of rotatable bonds is 30. The van der Waals surface area contributed by atoms with Crippen molar-refractivity contribution in [2.45, 2.75) is 446 Å². The molecule has 3 aromatic carbocycles. The zero-order valence-corrected chi connectivity index (χ0v) is 87.1. The zero-order valence-electron chi connectivity index (χ0n) is 87.1. The highest BCUT2D eigenvalue weighted by atomic mass is 16.7. The van der Waals surface area contributed by atoms with E-state index in [0.29, 0.717) is 6.79 Å². The van der Waals surface area contributed by atoms with Gasteiger partial charge in [-0.2, -0.15) is 0 Å². The van der Waals surface area contributed by atoms with E-state index < -0.39 is 43.3 Å². The van der Waals surface area contributed by atoms with Gasteiger partial charge in [-0.05, 0) is 240 Å². The van der Waals surface area contributed by atoms with Crippen molar-refractivity contribution in [2.24, 2.45) is 86.6 Å². The molecule has 2 aliphatic rings. The van der Waals surface area contributed by atoms with Gasteiger partial charge in [0.2, 0.25) is 30.4 Å². The van der Waals surface area contributed by atoms with Gasteiger partial charge < -0.3 is 28.4 Å². The Hall–Kier alpha value is -5.94. The number of esters is 2. The molecule has 0 spiro atoms. The number of likely N-dealkylation sites (tertiary alicyclic amines) is 2. The fraction of sp³-hybridized carbons (Fsp3) is 0.772. The van der Waals surface area contributed by atoms with Crippen molar-refractivity contribution in [1.82, 2.24) is 9.80 Å². The maximum absolute atomic E-state index is 13.0. The predicted molar refractivity (Wildman–Crippen MR) is 560 cm³/mol. The molecule has 16 heteroatoms. The number of carbonyl (C=O) groups excluding carboxylic acids is 8. The lowest BCUT2D eigenvalue weighted by atomic mass is 9.65. The molecule has 4 amide bonds. The summed E-state index contributed by atoms with van der Waals surface area (Å²) in [5, 5.41) is 0. The van der Waals surface area contributed by atoms with Gasteiger partial charge in [0.1, 0.15) is 13.5 Å². The molecule has 5 rings (SSSR count). The minimum Gasteiger partial charge on any atom is -0.427 e. The van der Waals surface area contributed by atoms with Gasteiger partial charge in [-0.1, -0.05) is 333 Å². The van der Waals surface area contributed by atoms with Crippen molar-refractivity contribution in [3.63, 3.8) is 0 Å². The molecule has 130 heavy (non-hydrogen) atoms. The molecule has 16 nitrogen and oxygen atoms in total. The van der Waals surface area contributed by atoms with Crippen LogP contribution in [-0.4, -0.2) is 116 Å². The number of benzene rings is 3. The second-order valence-electron chi connectivity index (χ2n) is 47.2. The van der Waals surface area contributed by atoms with Crippen LogP contribution in [-0.2, 0) is 76.5 Å². The summed E-state index contributed by atoms with van der Waals surface area (Å²) in [4.78, 5) is 103. The maximum atomic E-state index is 13.0. The standard InChI is InChI=1S/C29H40O2.C17H26N2O4.C17H32O4.C15H32O2.C15H24.C13H28O2.8CH4/c1-26(2,3)28(7,8)24(30)22-15-11-20(12-16-22)19-21-13-17-23(18-14-21)25(31)29(9,10)27(4,5)6;1-14(2)10(20)18(11(21)15(14,3)4)9-19-12(22)16(5,6)17(7,8)13(19)23;1-14(2,3)16(7,8)12(18)20-11-21-13(19)17(9,10)15(4,5)6;1-12(2,3)14(7,8)16-11-17-15(9,10)13(4,5)6;1-4-6-8-14-10-11-15(9-7-5-2)13(3)12-14;1-7-12(3,10-14-5)9-13(4,8-2)11-15-6;;;;;;;;/h11-18H,19H2,1-10H3;9H2,1-8H3;11H2,1-10H3;11H2,1-10H3;10-12H,4-9H2,1-3H3;7-11H2,1-6H3;8*1H4. The summed E-state index contributed by atoms with van der Waals surface area (Å²) >= 11 is 0. The molecule has 0 aliphatic carbocycles. The SMILES string of the molecule is C.C.C.C.C.C.C.C.CC(C)(C)C(C)(C)C(=O)OCOC(=O)C(C)(C)C(C)(C)C.CC(C)(C)C(C)(C)C(=O)c1ccc(Cc2ccc(C(=O)C(C)(C)C(C)(C)C)cc2)cc1.CC(C)(C)C(C)(C)OCOC(C)(C)C(C)(C)C.CC1(C)C(=O)N(CN2C(=O)C(C)(C)C(C)(C)C2=O)C(=O)C1(C)C.CCC(C)(COC)CC(C)(CC)COC.CCCCc1ccc(CCCC)c(C)c1. The number of hydrogen-bond acceptors (Lipinski definition) is 14. The molecule has 2 heterocycles. The van der Waals surface area contributed by atoms with Crippen LogP contribution in [0.3, 0.4) is 0 Å². The number of carbonyl (C=O) groups is 8. The highest BCUT2D eigenvalue weighted by Gasteiger charge is 2.64. The first-order valence-corrected chi connectivity index (χ1v) is 45.3. The zero-order chi connectivity index (χ0) is 96.4. The number of Topliss-reactive ketones (excluding diaryl/α,β-unsaturated/α-hetero) is 2. The Bertz CT molecular complexity index is 3600. The van der Waals surface area contributed by atoms with Crippen LogP contribution in [0, 0.1) is 93.6 Å². The predicted octanol–water partition coefficient (Wildman–Crippen LogP) is 31.6. The molecule has 0 N–H and O–H groups in total. The van der Waals surface area contributed by atoms with Gasteiger partial charge in [0.15, 0.2) is 11.6 Å². The number of unbranched alkanes of at least 4 members (excludes halogenated alkanes) is 2. The molecule has 2 atom stereocenters. The Morgan fingerprint density at radius 3 is 0.838 bits per heavy atom. The van der Waals surface area contributed by atoms with Gasteiger partial charge in [0.25, 0.3) is 0 Å². The van der Waals surface area contributed by atoms with Crippen molar-refractivity contribution in [1.29, 1.82) is 0 Å². The van der Waals surface area contributed by atoms with E-state index in [1.54, 1.807) is 69.6 Å². The summed E-state index contributed by atoms with van der Waals surface area (Å²) in [5.74, 6) is -1.78. The monoisotopic (exact) mass is 1840 g/mol. The summed E-state index contributed by atoms with van der Waals surface area (Å²) in [6, 6.07) is 22.9. The molecule has 2 unspecified atom stereocenters. The highest BCUT2D eigenvalue weighted by Crippen LogP contribution is 2.52. The average Bonchev–Trinajstić information content (AvgIpc) is 1.56. The van der Waals surface area contributed by atoms with Crippen LogP contribution in [0.1, 0.15) is 458 Å². The van der Waals surface area contributed by atoms with Crippen LogP contribution < -0.4 is 0 Å². The molecule has 3 aromatic rings. The van der Waals surface area contributed by atoms with E-state index in [4.69, 9.17) is 28.4 Å². The molecule has 764 valence electrons. The lowest BCUT2D eigenvalue weighted by Gasteiger charge is -2.42. The number of ketones is 2. The van der Waals surface area contributed by atoms with E-state index in [2.05, 4.69) is 177 Å². The summed E-state index contributed by atoms with van der Waals surface area (Å²) in [5.41, 5.74) is 2.36. The Labute approximate surface area is 805 Å². The van der Waals surface area contributed by atoms with Gasteiger partial charge in [0, 0.05) is 36.2 Å². The first-order valence-electron chi connectivity index (χ1n) is 45.3. The molecule has 0 aromatic heterocycles. The number of ether oxygens (including phenoxy) is 6. The normalized spacial score (nSPS) is 15.8. The summed E-state index contributed by atoms with van der Waals surface area (Å²) in [6.07, 6.45) is 11.9. The molecular formula is C114H214N2O14. The first kappa shape index (κ1) is 142. The van der Waals surface area contributed by atoms with Crippen LogP contribution in [0.4, 0.5) is 0 Å². The molecule has 0 radical (unpaired) electrons. The van der Waals surface area contributed by atoms with Crippen molar-refractivity contribution in [2.75, 3.05) is 47.7 Å². The molecule has 2 aliphatic heterocycles. The number of imide groups is 2. The van der Waals surface area contributed by atoms with Crippen LogP contribution in [0.2, 0.25) is 0 Å². The second-order valence-corrected chi connectivity index (χ2v) is 47.2. The molecule has 2 fully saturated rings. The van der Waals surface area contributed by atoms with Crippen molar-refractivity contribution in [3.8, 4) is 0 Å². The number of aryl methyl sites for hydroxylation is 3. The van der Waals surface area contributed by atoms with Crippen molar-refractivity contribution >= 4 is 47.1 Å². The first-order chi connectivity index (χ1) is 54.6. The lowest BCUT2D eigenvalue weighted by molar-refractivity contribution is -0.221.